The first-order valence-corrected chi connectivity index (χ1v) is 9.49. The third-order valence-corrected chi connectivity index (χ3v) is 4.14. The van der Waals surface area contributed by atoms with Crippen LogP contribution in [0.25, 0.3) is 0 Å². The summed E-state index contributed by atoms with van der Waals surface area (Å²) >= 11 is 0. The smallest absolute Gasteiger partial charge is 0.313 e. The number of para-hydroxylation sites is 1. The SMILES string of the molecule is CCCCCCCCCCCCNC(=O)C(=O)Nc1ccccc1F. The van der Waals surface area contributed by atoms with Crippen molar-refractivity contribution < 1.29 is 14.0 Å². The van der Waals surface area contributed by atoms with Gasteiger partial charge in [-0.1, -0.05) is 76.8 Å². The van der Waals surface area contributed by atoms with Gasteiger partial charge in [-0.2, -0.15) is 0 Å². The van der Waals surface area contributed by atoms with Crippen LogP contribution >= 0.6 is 0 Å². The van der Waals surface area contributed by atoms with Crippen LogP contribution in [0.2, 0.25) is 0 Å². The Morgan fingerprint density at radius 1 is 0.840 bits per heavy atom. The molecule has 0 radical (unpaired) electrons. The number of hydrogen-bond acceptors (Lipinski definition) is 2. The molecule has 2 N–H and O–H groups in total. The van der Waals surface area contributed by atoms with Crippen molar-refractivity contribution >= 4 is 17.5 Å². The summed E-state index contributed by atoms with van der Waals surface area (Å²) in [5, 5.41) is 4.85. The summed E-state index contributed by atoms with van der Waals surface area (Å²) in [4.78, 5) is 23.4. The maximum absolute atomic E-state index is 13.4. The average molecular weight is 350 g/mol. The second-order valence-electron chi connectivity index (χ2n) is 6.37. The van der Waals surface area contributed by atoms with Crippen molar-refractivity contribution in [3.8, 4) is 0 Å². The molecule has 25 heavy (non-hydrogen) atoms. The maximum atomic E-state index is 13.4. The lowest BCUT2D eigenvalue weighted by Gasteiger charge is -2.07. The highest BCUT2D eigenvalue weighted by Crippen LogP contribution is 2.12. The first-order chi connectivity index (χ1) is 12.1. The molecule has 0 unspecified atom stereocenters. The molecule has 1 aromatic carbocycles. The van der Waals surface area contributed by atoms with E-state index in [9.17, 15) is 14.0 Å². The Kier molecular flexibility index (Phi) is 11.3. The van der Waals surface area contributed by atoms with E-state index >= 15 is 0 Å². The minimum Gasteiger partial charge on any atom is -0.348 e. The van der Waals surface area contributed by atoms with Gasteiger partial charge in [0.15, 0.2) is 0 Å². The van der Waals surface area contributed by atoms with Crippen molar-refractivity contribution in [2.45, 2.75) is 71.1 Å². The standard InChI is InChI=1S/C20H31FN2O2/c1-2-3-4-5-6-7-8-9-10-13-16-22-19(24)20(25)23-18-15-12-11-14-17(18)21/h11-12,14-15H,2-10,13,16H2,1H3,(H,22,24)(H,23,25). The number of carbonyl (C=O) groups excluding carboxylic acids is 2. The molecule has 0 heterocycles. The zero-order valence-electron chi connectivity index (χ0n) is 15.3. The summed E-state index contributed by atoms with van der Waals surface area (Å²) < 4.78 is 13.4. The van der Waals surface area contributed by atoms with Gasteiger partial charge in [-0.05, 0) is 18.6 Å². The molecular formula is C20H31FN2O2. The first kappa shape index (κ1) is 21.1. The molecule has 0 bridgehead atoms. The van der Waals surface area contributed by atoms with E-state index in [0.29, 0.717) is 6.54 Å². The van der Waals surface area contributed by atoms with Gasteiger partial charge < -0.3 is 10.6 Å². The summed E-state index contributed by atoms with van der Waals surface area (Å²) in [6, 6.07) is 5.77. The number of benzene rings is 1. The lowest BCUT2D eigenvalue weighted by Crippen LogP contribution is -2.36. The molecule has 0 aromatic heterocycles. The number of hydrogen-bond donors (Lipinski definition) is 2. The first-order valence-electron chi connectivity index (χ1n) is 9.49. The van der Waals surface area contributed by atoms with E-state index in [-0.39, 0.29) is 5.69 Å². The summed E-state index contributed by atoms with van der Waals surface area (Å²) in [5.41, 5.74) is 0.0154. The zero-order valence-corrected chi connectivity index (χ0v) is 15.3. The van der Waals surface area contributed by atoms with Crippen LogP contribution in [-0.2, 0) is 9.59 Å². The van der Waals surface area contributed by atoms with Crippen LogP contribution in [0.5, 0.6) is 0 Å². The fraction of sp³-hybridized carbons (Fsp3) is 0.600. The average Bonchev–Trinajstić information content (AvgIpc) is 2.61. The monoisotopic (exact) mass is 350 g/mol. The van der Waals surface area contributed by atoms with E-state index in [1.165, 1.54) is 63.1 Å². The van der Waals surface area contributed by atoms with Crippen LogP contribution in [0.4, 0.5) is 10.1 Å². The largest absolute Gasteiger partial charge is 0.348 e. The van der Waals surface area contributed by atoms with Gasteiger partial charge in [0.1, 0.15) is 5.82 Å². The Balaban J connectivity index is 2.01. The summed E-state index contributed by atoms with van der Waals surface area (Å²) in [7, 11) is 0. The lowest BCUT2D eigenvalue weighted by molar-refractivity contribution is -0.136. The Morgan fingerprint density at radius 3 is 2.00 bits per heavy atom. The maximum Gasteiger partial charge on any atom is 0.313 e. The number of nitrogens with one attached hydrogen (secondary N) is 2. The Hall–Kier alpha value is -1.91. The van der Waals surface area contributed by atoms with E-state index < -0.39 is 17.6 Å². The highest BCUT2D eigenvalue weighted by molar-refractivity contribution is 6.39. The van der Waals surface area contributed by atoms with E-state index in [0.717, 1.165) is 19.3 Å². The second-order valence-corrected chi connectivity index (χ2v) is 6.37. The zero-order chi connectivity index (χ0) is 18.3. The topological polar surface area (TPSA) is 58.2 Å². The normalized spacial score (nSPS) is 10.5. The third-order valence-electron chi connectivity index (χ3n) is 4.14. The summed E-state index contributed by atoms with van der Waals surface area (Å²) in [5.74, 6) is -2.12. The second kappa shape index (κ2) is 13.4. The van der Waals surface area contributed by atoms with Crippen LogP contribution in [0.15, 0.2) is 24.3 Å². The number of amides is 2. The minimum absolute atomic E-state index is 0.0154. The molecule has 1 aromatic rings. The van der Waals surface area contributed by atoms with Crippen LogP contribution < -0.4 is 10.6 Å². The van der Waals surface area contributed by atoms with Crippen molar-refractivity contribution in [3.05, 3.63) is 30.1 Å². The van der Waals surface area contributed by atoms with Gasteiger partial charge in [0, 0.05) is 6.54 Å². The van der Waals surface area contributed by atoms with Gasteiger partial charge in [-0.25, -0.2) is 4.39 Å². The molecule has 0 saturated heterocycles. The van der Waals surface area contributed by atoms with E-state index in [1.54, 1.807) is 6.07 Å². The van der Waals surface area contributed by atoms with Crippen molar-refractivity contribution in [1.82, 2.24) is 5.32 Å². The molecule has 5 heteroatoms. The van der Waals surface area contributed by atoms with E-state index in [4.69, 9.17) is 0 Å². The number of carbonyl (C=O) groups is 2. The molecule has 0 fully saturated rings. The van der Waals surface area contributed by atoms with Crippen LogP contribution in [0, 0.1) is 5.82 Å². The number of anilines is 1. The van der Waals surface area contributed by atoms with Gasteiger partial charge in [0.25, 0.3) is 0 Å². The number of rotatable bonds is 12. The van der Waals surface area contributed by atoms with Crippen molar-refractivity contribution in [2.24, 2.45) is 0 Å². The van der Waals surface area contributed by atoms with Crippen molar-refractivity contribution in [1.29, 1.82) is 0 Å². The molecule has 140 valence electrons. The Bertz CT molecular complexity index is 520. The number of halogens is 1. The van der Waals surface area contributed by atoms with Gasteiger partial charge in [-0.3, -0.25) is 9.59 Å². The van der Waals surface area contributed by atoms with Gasteiger partial charge in [-0.15, -0.1) is 0 Å². The fourth-order valence-corrected chi connectivity index (χ4v) is 2.64. The summed E-state index contributed by atoms with van der Waals surface area (Å²) in [6.07, 6.45) is 12.2. The fourth-order valence-electron chi connectivity index (χ4n) is 2.64. The van der Waals surface area contributed by atoms with Gasteiger partial charge >= 0.3 is 11.8 Å². The molecule has 4 nitrogen and oxygen atoms in total. The van der Waals surface area contributed by atoms with Crippen LogP contribution in [0.3, 0.4) is 0 Å². The molecule has 0 spiro atoms. The Morgan fingerprint density at radius 2 is 1.40 bits per heavy atom. The molecule has 0 saturated carbocycles. The molecule has 0 aliphatic rings. The van der Waals surface area contributed by atoms with Crippen molar-refractivity contribution in [2.75, 3.05) is 11.9 Å². The molecule has 1 rings (SSSR count). The van der Waals surface area contributed by atoms with E-state index in [2.05, 4.69) is 17.6 Å². The molecule has 0 atom stereocenters. The molecule has 0 aliphatic carbocycles. The van der Waals surface area contributed by atoms with Crippen molar-refractivity contribution in [3.63, 3.8) is 0 Å². The minimum atomic E-state index is -0.836. The highest BCUT2D eigenvalue weighted by atomic mass is 19.1. The van der Waals surface area contributed by atoms with Crippen LogP contribution in [0.1, 0.15) is 71.1 Å². The molecule has 2 amide bonds. The van der Waals surface area contributed by atoms with Crippen LogP contribution in [-0.4, -0.2) is 18.4 Å². The number of unbranched alkanes of at least 4 members (excludes halogenated alkanes) is 9. The summed E-state index contributed by atoms with van der Waals surface area (Å²) in [6.45, 7) is 2.70. The van der Waals surface area contributed by atoms with Gasteiger partial charge in [0.05, 0.1) is 5.69 Å². The molecular weight excluding hydrogens is 319 g/mol. The lowest BCUT2D eigenvalue weighted by atomic mass is 10.1. The predicted octanol–water partition coefficient (Wildman–Crippen LogP) is 4.80. The quantitative estimate of drug-likeness (QED) is 0.420. The predicted molar refractivity (Wildman–Crippen MR) is 99.9 cm³/mol. The van der Waals surface area contributed by atoms with Gasteiger partial charge in [0.2, 0.25) is 0 Å². The molecule has 0 aliphatic heterocycles. The third kappa shape index (κ3) is 9.85. The van der Waals surface area contributed by atoms with E-state index in [1.807, 2.05) is 0 Å². The Labute approximate surface area is 150 Å². The highest BCUT2D eigenvalue weighted by Gasteiger charge is 2.14.